The molecule has 1 aliphatic heterocycles. The number of nitrogens with zero attached hydrogens (tertiary/aromatic N) is 2. The van der Waals surface area contributed by atoms with Crippen LogP contribution in [0.4, 0.5) is 4.79 Å². The summed E-state index contributed by atoms with van der Waals surface area (Å²) in [7, 11) is 3.20. The molecular weight excluding hydrogens is 388 g/mol. The van der Waals surface area contributed by atoms with Crippen molar-refractivity contribution in [3.8, 4) is 11.5 Å². The highest BCUT2D eigenvalue weighted by molar-refractivity contribution is 5.98. The van der Waals surface area contributed by atoms with Gasteiger partial charge in [0.15, 0.2) is 11.5 Å². The van der Waals surface area contributed by atoms with Crippen LogP contribution in [-0.4, -0.2) is 68.9 Å². The van der Waals surface area contributed by atoms with Crippen molar-refractivity contribution in [2.45, 2.75) is 52.2 Å². The van der Waals surface area contributed by atoms with Crippen molar-refractivity contribution < 1.29 is 28.6 Å². The number of oxime groups is 1. The Bertz CT molecular complexity index is 721. The summed E-state index contributed by atoms with van der Waals surface area (Å²) < 4.78 is 21.8. The molecule has 1 saturated heterocycles. The van der Waals surface area contributed by atoms with Crippen LogP contribution in [0.25, 0.3) is 0 Å². The smallest absolute Gasteiger partial charge is 0.410 e. The number of methoxy groups -OCH3 is 2. The molecule has 168 valence electrons. The first-order chi connectivity index (χ1) is 14.2. The van der Waals surface area contributed by atoms with Gasteiger partial charge in [0.25, 0.3) is 0 Å². The summed E-state index contributed by atoms with van der Waals surface area (Å²) in [4.78, 5) is 19.2. The molecule has 0 N–H and O–H groups in total. The quantitative estimate of drug-likeness (QED) is 0.360. The Labute approximate surface area is 179 Å². The van der Waals surface area contributed by atoms with Crippen molar-refractivity contribution in [1.29, 1.82) is 0 Å². The van der Waals surface area contributed by atoms with Crippen LogP contribution >= 0.6 is 0 Å². The summed E-state index contributed by atoms with van der Waals surface area (Å²) in [5.74, 6) is 1.31. The van der Waals surface area contributed by atoms with Gasteiger partial charge in [0, 0.05) is 18.7 Å². The highest BCUT2D eigenvalue weighted by Crippen LogP contribution is 2.27. The maximum absolute atomic E-state index is 12.1. The molecule has 1 fully saturated rings. The number of ether oxygens (including phenoxy) is 4. The standard InChI is InChI=1S/C22H34N2O6/c1-16(17-7-8-19(26-5)20(15-17)27-6)23-29-14-13-28-18-9-11-24(12-10-18)21(25)30-22(2,3)4/h7-8,15,18H,9-14H2,1-6H3. The molecule has 0 saturated carbocycles. The molecule has 0 spiro atoms. The van der Waals surface area contributed by atoms with E-state index in [2.05, 4.69) is 5.16 Å². The zero-order chi connectivity index (χ0) is 22.1. The van der Waals surface area contributed by atoms with Gasteiger partial charge in [-0.1, -0.05) is 5.16 Å². The molecule has 0 bridgehead atoms. The molecule has 1 aromatic carbocycles. The summed E-state index contributed by atoms with van der Waals surface area (Å²) in [5, 5.41) is 4.15. The van der Waals surface area contributed by atoms with Gasteiger partial charge in [-0.15, -0.1) is 0 Å². The number of carbonyl (C=O) groups is 1. The average molecular weight is 423 g/mol. The lowest BCUT2D eigenvalue weighted by molar-refractivity contribution is -0.0287. The molecule has 1 amide bonds. The fourth-order valence-corrected chi connectivity index (χ4v) is 3.04. The fourth-order valence-electron chi connectivity index (χ4n) is 3.04. The molecule has 0 unspecified atom stereocenters. The van der Waals surface area contributed by atoms with Crippen LogP contribution in [0, 0.1) is 0 Å². The van der Waals surface area contributed by atoms with Crippen molar-refractivity contribution in [3.05, 3.63) is 23.8 Å². The number of hydrogen-bond acceptors (Lipinski definition) is 7. The summed E-state index contributed by atoms with van der Waals surface area (Å²) in [6, 6.07) is 5.59. The van der Waals surface area contributed by atoms with Crippen LogP contribution in [0.1, 0.15) is 46.1 Å². The van der Waals surface area contributed by atoms with Gasteiger partial charge in [-0.3, -0.25) is 0 Å². The SMILES string of the molecule is COc1ccc(C(C)=NOCCOC2CCN(C(=O)OC(C)(C)C)CC2)cc1OC. The second-order valence-corrected chi connectivity index (χ2v) is 8.12. The maximum atomic E-state index is 12.1. The van der Waals surface area contributed by atoms with Gasteiger partial charge < -0.3 is 28.7 Å². The Balaban J connectivity index is 1.69. The minimum absolute atomic E-state index is 0.114. The molecule has 0 aliphatic carbocycles. The van der Waals surface area contributed by atoms with Crippen LogP contribution in [0.3, 0.4) is 0 Å². The van der Waals surface area contributed by atoms with Crippen LogP contribution < -0.4 is 9.47 Å². The van der Waals surface area contributed by atoms with Gasteiger partial charge in [-0.25, -0.2) is 4.79 Å². The minimum atomic E-state index is -0.475. The summed E-state index contributed by atoms with van der Waals surface area (Å²) in [6.07, 6.45) is 1.42. The number of likely N-dealkylation sites (tertiary alicyclic amines) is 1. The van der Waals surface area contributed by atoms with Crippen LogP contribution in [0.2, 0.25) is 0 Å². The zero-order valence-electron chi connectivity index (χ0n) is 18.9. The Kier molecular flexibility index (Phi) is 8.77. The Morgan fingerprint density at radius 2 is 1.77 bits per heavy atom. The van der Waals surface area contributed by atoms with Gasteiger partial charge in [0.2, 0.25) is 0 Å². The highest BCUT2D eigenvalue weighted by Gasteiger charge is 2.27. The minimum Gasteiger partial charge on any atom is -0.493 e. The van der Waals surface area contributed by atoms with E-state index in [1.165, 1.54) is 0 Å². The van der Waals surface area contributed by atoms with Gasteiger partial charge in [-0.05, 0) is 58.7 Å². The van der Waals surface area contributed by atoms with Crippen LogP contribution in [0.15, 0.2) is 23.4 Å². The van der Waals surface area contributed by atoms with E-state index < -0.39 is 5.60 Å². The normalized spacial score (nSPS) is 15.7. The predicted octanol–water partition coefficient (Wildman–Crippen LogP) is 3.86. The second-order valence-electron chi connectivity index (χ2n) is 8.12. The molecule has 1 heterocycles. The molecule has 8 nitrogen and oxygen atoms in total. The molecule has 1 aliphatic rings. The first-order valence-corrected chi connectivity index (χ1v) is 10.2. The number of amides is 1. The van der Waals surface area contributed by atoms with E-state index in [9.17, 15) is 4.79 Å². The number of hydrogen-bond donors (Lipinski definition) is 0. The van der Waals surface area contributed by atoms with Gasteiger partial charge in [0.1, 0.15) is 12.2 Å². The summed E-state index contributed by atoms with van der Waals surface area (Å²) in [6.45, 7) is 9.56. The Morgan fingerprint density at radius 3 is 2.37 bits per heavy atom. The number of rotatable bonds is 8. The molecule has 0 radical (unpaired) electrons. The monoisotopic (exact) mass is 422 g/mol. The lowest BCUT2D eigenvalue weighted by atomic mass is 10.1. The van der Waals surface area contributed by atoms with Crippen LogP contribution in [0.5, 0.6) is 11.5 Å². The molecule has 0 aromatic heterocycles. The van der Waals surface area contributed by atoms with E-state index in [1.807, 2.05) is 45.9 Å². The van der Waals surface area contributed by atoms with E-state index in [1.54, 1.807) is 19.1 Å². The van der Waals surface area contributed by atoms with Crippen molar-refractivity contribution in [1.82, 2.24) is 4.90 Å². The van der Waals surface area contributed by atoms with Crippen molar-refractivity contribution >= 4 is 11.8 Å². The fraction of sp³-hybridized carbons (Fsp3) is 0.636. The third-order valence-electron chi connectivity index (χ3n) is 4.62. The van der Waals surface area contributed by atoms with Crippen molar-refractivity contribution in [2.75, 3.05) is 40.5 Å². The van der Waals surface area contributed by atoms with E-state index in [0.717, 1.165) is 24.1 Å². The highest BCUT2D eigenvalue weighted by atomic mass is 16.6. The average Bonchev–Trinajstić information content (AvgIpc) is 2.72. The molecule has 0 atom stereocenters. The molecule has 2 rings (SSSR count). The molecule has 30 heavy (non-hydrogen) atoms. The largest absolute Gasteiger partial charge is 0.493 e. The van der Waals surface area contributed by atoms with E-state index in [0.29, 0.717) is 37.8 Å². The first kappa shape index (κ1) is 23.8. The molecule has 8 heteroatoms. The zero-order valence-corrected chi connectivity index (χ0v) is 18.9. The predicted molar refractivity (Wildman–Crippen MR) is 114 cm³/mol. The van der Waals surface area contributed by atoms with Crippen molar-refractivity contribution in [3.63, 3.8) is 0 Å². The third kappa shape index (κ3) is 7.40. The molecule has 1 aromatic rings. The lowest BCUT2D eigenvalue weighted by Gasteiger charge is -2.33. The topological polar surface area (TPSA) is 78.8 Å². The lowest BCUT2D eigenvalue weighted by Crippen LogP contribution is -2.43. The number of benzene rings is 1. The third-order valence-corrected chi connectivity index (χ3v) is 4.62. The Hall–Kier alpha value is -2.48. The summed E-state index contributed by atoms with van der Waals surface area (Å²) >= 11 is 0. The van der Waals surface area contributed by atoms with E-state index in [-0.39, 0.29) is 12.2 Å². The molecular formula is C22H34N2O6. The first-order valence-electron chi connectivity index (χ1n) is 10.2. The maximum Gasteiger partial charge on any atom is 0.410 e. The van der Waals surface area contributed by atoms with Crippen LogP contribution in [-0.2, 0) is 14.3 Å². The van der Waals surface area contributed by atoms with Gasteiger partial charge >= 0.3 is 6.09 Å². The van der Waals surface area contributed by atoms with Crippen molar-refractivity contribution in [2.24, 2.45) is 5.16 Å². The number of carbonyl (C=O) groups excluding carboxylic acids is 1. The second kappa shape index (κ2) is 11.1. The Morgan fingerprint density at radius 1 is 1.10 bits per heavy atom. The van der Waals surface area contributed by atoms with Gasteiger partial charge in [0.05, 0.1) is 32.6 Å². The summed E-state index contributed by atoms with van der Waals surface area (Å²) in [5.41, 5.74) is 1.15. The van der Waals surface area contributed by atoms with Gasteiger partial charge in [-0.2, -0.15) is 0 Å². The van der Waals surface area contributed by atoms with E-state index >= 15 is 0 Å². The number of piperidine rings is 1. The van der Waals surface area contributed by atoms with E-state index in [4.69, 9.17) is 23.8 Å².